The minimum Gasteiger partial charge on any atom is -0.386 e. The number of hydrogen-bond donors (Lipinski definition) is 1. The molecule has 0 bridgehead atoms. The molecule has 0 radical (unpaired) electrons. The second kappa shape index (κ2) is 5.22. The highest BCUT2D eigenvalue weighted by Crippen LogP contribution is 2.05. The molecule has 1 unspecified atom stereocenters. The highest BCUT2D eigenvalue weighted by Gasteiger charge is 2.05. The molecule has 0 aromatic heterocycles. The first-order valence-corrected chi connectivity index (χ1v) is 4.52. The van der Waals surface area contributed by atoms with Crippen LogP contribution in [0.4, 0.5) is 0 Å². The van der Waals surface area contributed by atoms with E-state index in [0.29, 0.717) is 12.0 Å². The molecule has 11 heavy (non-hydrogen) atoms. The predicted octanol–water partition coefficient (Wildman–Crippen LogP) is 2.93. The number of rotatable bonds is 5. The Bertz CT molecular complexity index is 116. The summed E-state index contributed by atoms with van der Waals surface area (Å²) in [4.78, 5) is 0. The molecule has 0 spiro atoms. The van der Waals surface area contributed by atoms with E-state index in [0.717, 1.165) is 6.42 Å². The van der Waals surface area contributed by atoms with Crippen LogP contribution < -0.4 is 5.32 Å². The van der Waals surface area contributed by atoms with Crippen molar-refractivity contribution in [3.05, 3.63) is 12.3 Å². The lowest BCUT2D eigenvalue weighted by atomic mass is 10.1. The van der Waals surface area contributed by atoms with Crippen molar-refractivity contribution in [2.75, 3.05) is 0 Å². The highest BCUT2D eigenvalue weighted by atomic mass is 14.9. The van der Waals surface area contributed by atoms with Gasteiger partial charge >= 0.3 is 0 Å². The molecular weight excluding hydrogens is 134 g/mol. The van der Waals surface area contributed by atoms with Crippen LogP contribution in [0.2, 0.25) is 0 Å². The van der Waals surface area contributed by atoms with Crippen LogP contribution in [0.1, 0.15) is 40.5 Å². The summed E-state index contributed by atoms with van der Waals surface area (Å²) in [5.74, 6) is 0.684. The fraction of sp³-hybridized carbons (Fsp3) is 0.800. The molecule has 0 aromatic carbocycles. The molecule has 1 N–H and O–H groups in total. The number of hydrogen-bond acceptors (Lipinski definition) is 1. The third kappa shape index (κ3) is 4.88. The lowest BCUT2D eigenvalue weighted by Gasteiger charge is -2.19. The summed E-state index contributed by atoms with van der Waals surface area (Å²) in [6.45, 7) is 12.8. The van der Waals surface area contributed by atoms with Gasteiger partial charge in [0.1, 0.15) is 0 Å². The van der Waals surface area contributed by atoms with Crippen molar-refractivity contribution in [2.24, 2.45) is 5.92 Å². The zero-order valence-corrected chi connectivity index (χ0v) is 8.28. The third-order valence-corrected chi connectivity index (χ3v) is 1.98. The van der Waals surface area contributed by atoms with E-state index in [1.807, 2.05) is 0 Å². The fourth-order valence-electron chi connectivity index (χ4n) is 0.863. The summed E-state index contributed by atoms with van der Waals surface area (Å²) < 4.78 is 0. The average Bonchev–Trinajstić information content (AvgIpc) is 1.87. The maximum atomic E-state index is 3.96. The maximum absolute atomic E-state index is 3.96. The van der Waals surface area contributed by atoms with Crippen molar-refractivity contribution in [1.82, 2.24) is 5.32 Å². The molecule has 0 aliphatic rings. The molecule has 0 saturated heterocycles. The zero-order valence-electron chi connectivity index (χ0n) is 8.28. The first-order valence-electron chi connectivity index (χ1n) is 4.52. The van der Waals surface area contributed by atoms with Crippen molar-refractivity contribution < 1.29 is 0 Å². The molecule has 0 fully saturated rings. The van der Waals surface area contributed by atoms with Crippen LogP contribution in [-0.4, -0.2) is 6.04 Å². The molecule has 0 heterocycles. The summed E-state index contributed by atoms with van der Waals surface area (Å²) in [7, 11) is 0. The Morgan fingerprint density at radius 3 is 2.27 bits per heavy atom. The van der Waals surface area contributed by atoms with Gasteiger partial charge in [-0.25, -0.2) is 0 Å². The summed E-state index contributed by atoms with van der Waals surface area (Å²) >= 11 is 0. The highest BCUT2D eigenvalue weighted by molar-refractivity contribution is 4.92. The quantitative estimate of drug-likeness (QED) is 0.643. The zero-order chi connectivity index (χ0) is 8.85. The van der Waals surface area contributed by atoms with Gasteiger partial charge in [-0.1, -0.05) is 33.8 Å². The van der Waals surface area contributed by atoms with Crippen molar-refractivity contribution in [3.63, 3.8) is 0 Å². The monoisotopic (exact) mass is 155 g/mol. The third-order valence-electron chi connectivity index (χ3n) is 1.98. The first kappa shape index (κ1) is 10.5. The van der Waals surface area contributed by atoms with Gasteiger partial charge in [0.25, 0.3) is 0 Å². The Hall–Kier alpha value is -0.460. The molecule has 0 aliphatic carbocycles. The van der Waals surface area contributed by atoms with Gasteiger partial charge < -0.3 is 5.32 Å². The summed E-state index contributed by atoms with van der Waals surface area (Å²) in [6.07, 6.45) is 2.27. The molecule has 0 aromatic rings. The Morgan fingerprint density at radius 1 is 1.36 bits per heavy atom. The van der Waals surface area contributed by atoms with Crippen LogP contribution in [0.25, 0.3) is 0 Å². The average molecular weight is 155 g/mol. The van der Waals surface area contributed by atoms with E-state index in [-0.39, 0.29) is 0 Å². The van der Waals surface area contributed by atoms with Gasteiger partial charge in [0.15, 0.2) is 0 Å². The van der Waals surface area contributed by atoms with E-state index in [1.165, 1.54) is 12.1 Å². The normalized spacial score (nSPS) is 13.2. The Balaban J connectivity index is 3.57. The second-order valence-electron chi connectivity index (χ2n) is 3.53. The Kier molecular flexibility index (Phi) is 5.01. The van der Waals surface area contributed by atoms with Crippen molar-refractivity contribution in [2.45, 2.75) is 46.6 Å². The SMILES string of the molecule is C=C(CCC)NC(C)C(C)C. The molecule has 0 amide bonds. The summed E-state index contributed by atoms with van der Waals surface area (Å²) in [6, 6.07) is 0.550. The van der Waals surface area contributed by atoms with E-state index in [9.17, 15) is 0 Å². The Morgan fingerprint density at radius 2 is 1.91 bits per heavy atom. The topological polar surface area (TPSA) is 12.0 Å². The number of allylic oxidation sites excluding steroid dienone is 1. The summed E-state index contributed by atoms with van der Waals surface area (Å²) in [5, 5.41) is 3.39. The molecule has 0 saturated carbocycles. The lowest BCUT2D eigenvalue weighted by molar-refractivity contribution is 0.455. The minimum absolute atomic E-state index is 0.550. The van der Waals surface area contributed by atoms with Crippen LogP contribution in [0, 0.1) is 5.92 Å². The predicted molar refractivity (Wildman–Crippen MR) is 51.5 cm³/mol. The summed E-state index contributed by atoms with van der Waals surface area (Å²) in [5.41, 5.74) is 1.17. The molecule has 0 aliphatic heterocycles. The van der Waals surface area contributed by atoms with Gasteiger partial charge in [-0.2, -0.15) is 0 Å². The van der Waals surface area contributed by atoms with Crippen LogP contribution >= 0.6 is 0 Å². The van der Waals surface area contributed by atoms with Gasteiger partial charge in [-0.15, -0.1) is 0 Å². The molecule has 66 valence electrons. The van der Waals surface area contributed by atoms with E-state index >= 15 is 0 Å². The lowest BCUT2D eigenvalue weighted by Crippen LogP contribution is -2.29. The van der Waals surface area contributed by atoms with Gasteiger partial charge in [-0.05, 0) is 19.3 Å². The van der Waals surface area contributed by atoms with E-state index < -0.39 is 0 Å². The van der Waals surface area contributed by atoms with Crippen molar-refractivity contribution in [1.29, 1.82) is 0 Å². The van der Waals surface area contributed by atoms with Gasteiger partial charge in [0, 0.05) is 11.7 Å². The van der Waals surface area contributed by atoms with Gasteiger partial charge in [0.2, 0.25) is 0 Å². The van der Waals surface area contributed by atoms with Crippen molar-refractivity contribution >= 4 is 0 Å². The largest absolute Gasteiger partial charge is 0.386 e. The minimum atomic E-state index is 0.550. The van der Waals surface area contributed by atoms with Crippen LogP contribution in [0.5, 0.6) is 0 Å². The smallest absolute Gasteiger partial charge is 0.0252 e. The van der Waals surface area contributed by atoms with Crippen LogP contribution in [-0.2, 0) is 0 Å². The van der Waals surface area contributed by atoms with Crippen LogP contribution in [0.3, 0.4) is 0 Å². The maximum Gasteiger partial charge on any atom is 0.0252 e. The molecule has 0 rings (SSSR count). The molecule has 1 heteroatoms. The molecule has 1 nitrogen and oxygen atoms in total. The molecule has 1 atom stereocenters. The first-order chi connectivity index (χ1) is 5.07. The van der Waals surface area contributed by atoms with Crippen molar-refractivity contribution in [3.8, 4) is 0 Å². The second-order valence-corrected chi connectivity index (χ2v) is 3.53. The fourth-order valence-corrected chi connectivity index (χ4v) is 0.863. The van der Waals surface area contributed by atoms with Crippen LogP contribution in [0.15, 0.2) is 12.3 Å². The van der Waals surface area contributed by atoms with E-state index in [4.69, 9.17) is 0 Å². The number of nitrogens with one attached hydrogen (secondary N) is 1. The van der Waals surface area contributed by atoms with E-state index in [2.05, 4.69) is 39.6 Å². The Labute approximate surface area is 70.9 Å². The van der Waals surface area contributed by atoms with E-state index in [1.54, 1.807) is 0 Å². The molecular formula is C10H21N. The standard InChI is InChI=1S/C10H21N/c1-6-7-9(4)11-10(5)8(2)3/h8,10-11H,4,6-7H2,1-3,5H3. The van der Waals surface area contributed by atoms with Gasteiger partial charge in [0.05, 0.1) is 0 Å². The van der Waals surface area contributed by atoms with Gasteiger partial charge in [-0.3, -0.25) is 0 Å².